The fourth-order valence-corrected chi connectivity index (χ4v) is 1.82. The maximum atomic E-state index is 11.7. The fourth-order valence-electron chi connectivity index (χ4n) is 0.879. The number of hydrogen-bond donors (Lipinski definition) is 2. The van der Waals surface area contributed by atoms with Crippen molar-refractivity contribution in [3.05, 3.63) is 18.3 Å². The zero-order valence-electron chi connectivity index (χ0n) is 7.93. The number of nitrogens with two attached hydrogens (primary N) is 1. The Kier molecular flexibility index (Phi) is 3.04. The Morgan fingerprint density at radius 2 is 2.14 bits per heavy atom. The number of rotatable bonds is 3. The summed E-state index contributed by atoms with van der Waals surface area (Å²) in [5, 5.41) is -0.0764. The number of hydrazine groups is 1. The van der Waals surface area contributed by atoms with Gasteiger partial charge in [-0.25, -0.2) is 17.7 Å². The van der Waals surface area contributed by atoms with Crippen LogP contribution in [0.5, 0.6) is 0 Å². The Morgan fingerprint density at radius 1 is 1.50 bits per heavy atom. The van der Waals surface area contributed by atoms with Crippen LogP contribution in [-0.4, -0.2) is 31.8 Å². The van der Waals surface area contributed by atoms with Gasteiger partial charge in [-0.15, -0.1) is 0 Å². The molecule has 0 atom stereocenters. The smallest absolute Gasteiger partial charge is 0.262 e. The highest BCUT2D eigenvalue weighted by Crippen LogP contribution is 2.18. The van der Waals surface area contributed by atoms with Gasteiger partial charge in [0.2, 0.25) is 0 Å². The van der Waals surface area contributed by atoms with E-state index in [1.807, 2.05) is 0 Å². The summed E-state index contributed by atoms with van der Waals surface area (Å²) in [6.45, 7) is 0. The van der Waals surface area contributed by atoms with E-state index in [1.54, 1.807) is 12.1 Å². The number of nitrogens with zero attached hydrogens (tertiary/aromatic N) is 2. The van der Waals surface area contributed by atoms with Crippen molar-refractivity contribution in [3.63, 3.8) is 0 Å². The lowest BCUT2D eigenvalue weighted by molar-refractivity contribution is 0.517. The molecule has 0 amide bonds. The van der Waals surface area contributed by atoms with E-state index in [0.29, 0.717) is 0 Å². The van der Waals surface area contributed by atoms with Gasteiger partial charge in [0, 0.05) is 20.3 Å². The number of anilines is 1. The average Bonchev–Trinajstić information content (AvgIpc) is 2.17. The Hall–Kier alpha value is -1.18. The molecule has 78 valence electrons. The van der Waals surface area contributed by atoms with Crippen molar-refractivity contribution in [2.45, 2.75) is 5.03 Å². The summed E-state index contributed by atoms with van der Waals surface area (Å²) >= 11 is 0. The van der Waals surface area contributed by atoms with E-state index >= 15 is 0 Å². The van der Waals surface area contributed by atoms with Crippen molar-refractivity contribution in [1.29, 1.82) is 0 Å². The second kappa shape index (κ2) is 3.91. The van der Waals surface area contributed by atoms with E-state index in [1.165, 1.54) is 20.3 Å². The van der Waals surface area contributed by atoms with Crippen LogP contribution in [0.15, 0.2) is 23.4 Å². The Morgan fingerprint density at radius 3 is 2.64 bits per heavy atom. The predicted molar refractivity (Wildman–Crippen MR) is 52.9 cm³/mol. The van der Waals surface area contributed by atoms with Gasteiger partial charge in [-0.1, -0.05) is 0 Å². The summed E-state index contributed by atoms with van der Waals surface area (Å²) in [6, 6.07) is 3.15. The molecule has 0 aliphatic heterocycles. The van der Waals surface area contributed by atoms with Crippen LogP contribution < -0.4 is 11.3 Å². The molecule has 1 rings (SSSR count). The molecular formula is C7H12N4O2S. The number of nitrogen functional groups attached to an aromatic ring is 1. The zero-order valence-corrected chi connectivity index (χ0v) is 8.75. The van der Waals surface area contributed by atoms with Gasteiger partial charge in [0.15, 0.2) is 5.03 Å². The topological polar surface area (TPSA) is 88.3 Å². The molecule has 0 radical (unpaired) electrons. The third-order valence-electron chi connectivity index (χ3n) is 1.65. The third-order valence-corrected chi connectivity index (χ3v) is 3.43. The molecule has 0 saturated heterocycles. The molecule has 0 fully saturated rings. The van der Waals surface area contributed by atoms with Crippen LogP contribution in [0.3, 0.4) is 0 Å². The summed E-state index contributed by atoms with van der Waals surface area (Å²) in [7, 11) is -0.670. The molecule has 6 nitrogen and oxygen atoms in total. The van der Waals surface area contributed by atoms with Crippen molar-refractivity contribution in [1.82, 2.24) is 9.29 Å². The maximum absolute atomic E-state index is 11.7. The van der Waals surface area contributed by atoms with Crippen LogP contribution >= 0.6 is 0 Å². The third kappa shape index (κ3) is 1.84. The van der Waals surface area contributed by atoms with Crippen LogP contribution in [0.2, 0.25) is 0 Å². The normalized spacial score (nSPS) is 11.7. The summed E-state index contributed by atoms with van der Waals surface area (Å²) in [4.78, 5) is 3.77. The van der Waals surface area contributed by atoms with Crippen molar-refractivity contribution in [2.75, 3.05) is 19.5 Å². The highest BCUT2D eigenvalue weighted by molar-refractivity contribution is 7.89. The summed E-state index contributed by atoms with van der Waals surface area (Å²) < 4.78 is 24.4. The van der Waals surface area contributed by atoms with E-state index in [4.69, 9.17) is 5.84 Å². The van der Waals surface area contributed by atoms with E-state index in [9.17, 15) is 8.42 Å². The molecule has 7 heteroatoms. The minimum absolute atomic E-state index is 0.0764. The quantitative estimate of drug-likeness (QED) is 0.531. The fraction of sp³-hybridized carbons (Fsp3) is 0.286. The lowest BCUT2D eigenvalue weighted by Crippen LogP contribution is -2.25. The first-order valence-corrected chi connectivity index (χ1v) is 5.28. The van der Waals surface area contributed by atoms with Gasteiger partial charge in [-0.3, -0.25) is 5.84 Å². The molecule has 0 unspecified atom stereocenters. The monoisotopic (exact) mass is 216 g/mol. The van der Waals surface area contributed by atoms with Gasteiger partial charge >= 0.3 is 0 Å². The Bertz CT molecular complexity index is 415. The first-order valence-electron chi connectivity index (χ1n) is 3.84. The molecule has 1 heterocycles. The molecule has 1 aromatic heterocycles. The predicted octanol–water partition coefficient (Wildman–Crippen LogP) is -0.383. The van der Waals surface area contributed by atoms with E-state index in [2.05, 4.69) is 10.4 Å². The first kappa shape index (κ1) is 10.9. The van der Waals surface area contributed by atoms with Crippen molar-refractivity contribution in [2.24, 2.45) is 5.84 Å². The van der Waals surface area contributed by atoms with Gasteiger partial charge in [-0.05, 0) is 12.1 Å². The minimum atomic E-state index is -3.54. The number of pyridine rings is 1. The van der Waals surface area contributed by atoms with E-state index in [0.717, 1.165) is 4.31 Å². The maximum Gasteiger partial charge on any atom is 0.262 e. The highest BCUT2D eigenvalue weighted by atomic mass is 32.2. The van der Waals surface area contributed by atoms with Crippen LogP contribution in [0.25, 0.3) is 0 Å². The summed E-state index contributed by atoms with van der Waals surface area (Å²) in [5.74, 6) is 5.17. The highest BCUT2D eigenvalue weighted by Gasteiger charge is 2.21. The lowest BCUT2D eigenvalue weighted by atomic mass is 10.4. The second-order valence-electron chi connectivity index (χ2n) is 2.79. The number of hydrogen-bond acceptors (Lipinski definition) is 5. The van der Waals surface area contributed by atoms with Crippen molar-refractivity contribution >= 4 is 15.7 Å². The van der Waals surface area contributed by atoms with Gasteiger partial charge in [0.1, 0.15) is 0 Å². The lowest BCUT2D eigenvalue weighted by Gasteiger charge is -2.12. The molecule has 14 heavy (non-hydrogen) atoms. The SMILES string of the molecule is CN(C)S(=O)(=O)c1ncccc1NN. The summed E-state index contributed by atoms with van der Waals surface area (Å²) in [6.07, 6.45) is 1.40. The van der Waals surface area contributed by atoms with Crippen LogP contribution in [-0.2, 0) is 10.0 Å². The molecular weight excluding hydrogens is 204 g/mol. The van der Waals surface area contributed by atoms with Crippen LogP contribution in [0, 0.1) is 0 Å². The minimum Gasteiger partial charge on any atom is -0.321 e. The molecule has 0 aliphatic rings. The molecule has 0 spiro atoms. The van der Waals surface area contributed by atoms with Gasteiger partial charge in [-0.2, -0.15) is 0 Å². The second-order valence-corrected chi connectivity index (χ2v) is 4.86. The Balaban J connectivity index is 3.32. The zero-order chi connectivity index (χ0) is 10.8. The van der Waals surface area contributed by atoms with Gasteiger partial charge in [0.25, 0.3) is 10.0 Å². The number of sulfonamides is 1. The van der Waals surface area contributed by atoms with Gasteiger partial charge < -0.3 is 5.43 Å². The molecule has 1 aromatic rings. The Labute approximate surface area is 82.8 Å². The van der Waals surface area contributed by atoms with Crippen LogP contribution in [0.4, 0.5) is 5.69 Å². The van der Waals surface area contributed by atoms with Gasteiger partial charge in [0.05, 0.1) is 5.69 Å². The van der Waals surface area contributed by atoms with Crippen LogP contribution in [0.1, 0.15) is 0 Å². The van der Waals surface area contributed by atoms with Crippen molar-refractivity contribution < 1.29 is 8.42 Å². The first-order chi connectivity index (χ1) is 6.50. The molecule has 0 aliphatic carbocycles. The number of nitrogens with one attached hydrogen (secondary N) is 1. The number of aromatic nitrogens is 1. The molecule has 0 saturated carbocycles. The average molecular weight is 216 g/mol. The largest absolute Gasteiger partial charge is 0.321 e. The molecule has 3 N–H and O–H groups in total. The van der Waals surface area contributed by atoms with E-state index in [-0.39, 0.29) is 10.7 Å². The van der Waals surface area contributed by atoms with Crippen molar-refractivity contribution in [3.8, 4) is 0 Å². The molecule has 0 aromatic carbocycles. The standard InChI is InChI=1S/C7H12N4O2S/c1-11(2)14(12,13)7-6(10-8)4-3-5-9-7/h3-5,10H,8H2,1-2H3. The summed E-state index contributed by atoms with van der Waals surface area (Å²) in [5.41, 5.74) is 2.57. The molecule has 0 bridgehead atoms. The van der Waals surface area contributed by atoms with E-state index < -0.39 is 10.0 Å².